The van der Waals surface area contributed by atoms with Crippen molar-refractivity contribution in [2.24, 2.45) is 0 Å². The Morgan fingerprint density at radius 1 is 1.05 bits per heavy atom. The van der Waals surface area contributed by atoms with E-state index >= 15 is 0 Å². The first-order valence-corrected chi connectivity index (χ1v) is 8.78. The summed E-state index contributed by atoms with van der Waals surface area (Å²) >= 11 is 3.63. The van der Waals surface area contributed by atoms with Crippen molar-refractivity contribution in [3.05, 3.63) is 64.6 Å². The quantitative estimate of drug-likeness (QED) is 0.688. The molecule has 114 valence electrons. The zero-order chi connectivity index (χ0) is 15.4. The van der Waals surface area contributed by atoms with Crippen molar-refractivity contribution >= 4 is 21.5 Å². The van der Waals surface area contributed by atoms with Crippen LogP contribution in [0.1, 0.15) is 25.3 Å². The smallest absolute Gasteiger partial charge is 0.0253 e. The lowest BCUT2D eigenvalue weighted by atomic mass is 10.0. The van der Waals surface area contributed by atoms with E-state index in [2.05, 4.69) is 76.3 Å². The second-order valence-corrected chi connectivity index (χ2v) is 6.81. The van der Waals surface area contributed by atoms with E-state index in [0.29, 0.717) is 0 Å². The summed E-state index contributed by atoms with van der Waals surface area (Å²) in [4.78, 5) is 2.53. The Labute approximate surface area is 141 Å². The monoisotopic (exact) mass is 355 g/mol. The first kappa shape index (κ1) is 15.5. The lowest BCUT2D eigenvalue weighted by molar-refractivity contribution is 0.377. The van der Waals surface area contributed by atoms with Crippen molar-refractivity contribution in [2.45, 2.75) is 19.8 Å². The van der Waals surface area contributed by atoms with Crippen LogP contribution in [0.3, 0.4) is 0 Å². The van der Waals surface area contributed by atoms with Crippen LogP contribution in [0.4, 0.5) is 0 Å². The van der Waals surface area contributed by atoms with E-state index in [1.165, 1.54) is 48.2 Å². The van der Waals surface area contributed by atoms with Crippen LogP contribution in [0.25, 0.3) is 16.7 Å². The Hall–Kier alpha value is -1.38. The van der Waals surface area contributed by atoms with Crippen LogP contribution in [0, 0.1) is 0 Å². The van der Waals surface area contributed by atoms with Gasteiger partial charge in [0, 0.05) is 11.0 Å². The molecule has 22 heavy (non-hydrogen) atoms. The van der Waals surface area contributed by atoms with Gasteiger partial charge in [-0.1, -0.05) is 64.5 Å². The Morgan fingerprint density at radius 2 is 1.73 bits per heavy atom. The van der Waals surface area contributed by atoms with Gasteiger partial charge in [-0.15, -0.1) is 0 Å². The molecule has 0 N–H and O–H groups in total. The number of halogens is 1. The number of nitrogens with zero attached hydrogens (tertiary/aromatic N) is 1. The number of hydrogen-bond acceptors (Lipinski definition) is 1. The van der Waals surface area contributed by atoms with E-state index in [1.807, 2.05) is 6.07 Å². The molecule has 0 amide bonds. The molecule has 1 saturated heterocycles. The SMILES string of the molecule is C/C(=C/CN1CCCC1)c1ccc(-c2ccccc2Br)cc1. The maximum absolute atomic E-state index is 3.63. The van der Waals surface area contributed by atoms with Crippen LogP contribution in [-0.2, 0) is 0 Å². The Bertz CT molecular complexity index is 652. The van der Waals surface area contributed by atoms with Crippen LogP contribution in [0.2, 0.25) is 0 Å². The molecule has 0 aliphatic carbocycles. The van der Waals surface area contributed by atoms with Gasteiger partial charge in [0.1, 0.15) is 0 Å². The molecule has 2 aromatic rings. The average Bonchev–Trinajstić information content (AvgIpc) is 3.07. The summed E-state index contributed by atoms with van der Waals surface area (Å²) in [6.45, 7) is 5.80. The fraction of sp³-hybridized carbons (Fsp3) is 0.300. The molecule has 2 heteroatoms. The van der Waals surface area contributed by atoms with Crippen LogP contribution >= 0.6 is 15.9 Å². The van der Waals surface area contributed by atoms with Crippen molar-refractivity contribution in [1.82, 2.24) is 4.90 Å². The molecule has 1 aliphatic heterocycles. The molecule has 0 unspecified atom stereocenters. The van der Waals surface area contributed by atoms with Crippen LogP contribution in [0.15, 0.2) is 59.1 Å². The second kappa shape index (κ2) is 7.26. The van der Waals surface area contributed by atoms with Gasteiger partial charge in [0.05, 0.1) is 0 Å². The van der Waals surface area contributed by atoms with Crippen molar-refractivity contribution < 1.29 is 0 Å². The molecule has 1 heterocycles. The zero-order valence-corrected chi connectivity index (χ0v) is 14.6. The number of benzene rings is 2. The highest BCUT2D eigenvalue weighted by Gasteiger charge is 2.09. The summed E-state index contributed by atoms with van der Waals surface area (Å²) in [6, 6.07) is 17.2. The molecule has 0 bridgehead atoms. The van der Waals surface area contributed by atoms with Crippen molar-refractivity contribution in [3.8, 4) is 11.1 Å². The van der Waals surface area contributed by atoms with Crippen LogP contribution < -0.4 is 0 Å². The zero-order valence-electron chi connectivity index (χ0n) is 13.1. The fourth-order valence-electron chi connectivity index (χ4n) is 2.96. The van der Waals surface area contributed by atoms with Crippen LogP contribution in [0.5, 0.6) is 0 Å². The maximum atomic E-state index is 3.63. The number of hydrogen-bond donors (Lipinski definition) is 0. The number of rotatable bonds is 4. The number of likely N-dealkylation sites (tertiary alicyclic amines) is 1. The molecule has 0 radical (unpaired) electrons. The van der Waals surface area contributed by atoms with Crippen molar-refractivity contribution in [2.75, 3.05) is 19.6 Å². The van der Waals surface area contributed by atoms with E-state index in [4.69, 9.17) is 0 Å². The van der Waals surface area contributed by atoms with Crippen molar-refractivity contribution in [1.29, 1.82) is 0 Å². The van der Waals surface area contributed by atoms with Gasteiger partial charge >= 0.3 is 0 Å². The molecule has 0 spiro atoms. The highest BCUT2D eigenvalue weighted by atomic mass is 79.9. The topological polar surface area (TPSA) is 3.24 Å². The van der Waals surface area contributed by atoms with Gasteiger partial charge in [0.2, 0.25) is 0 Å². The minimum absolute atomic E-state index is 1.08. The summed E-state index contributed by atoms with van der Waals surface area (Å²) < 4.78 is 1.14. The molecule has 2 aromatic carbocycles. The third-order valence-corrected chi connectivity index (χ3v) is 5.07. The molecular weight excluding hydrogens is 334 g/mol. The second-order valence-electron chi connectivity index (χ2n) is 5.95. The predicted octanol–water partition coefficient (Wildman–Crippen LogP) is 5.62. The van der Waals surface area contributed by atoms with Gasteiger partial charge < -0.3 is 0 Å². The van der Waals surface area contributed by atoms with E-state index in [9.17, 15) is 0 Å². The summed E-state index contributed by atoms with van der Waals surface area (Å²) in [7, 11) is 0. The minimum atomic E-state index is 1.08. The lowest BCUT2D eigenvalue weighted by Crippen LogP contribution is -2.18. The Balaban J connectivity index is 1.73. The predicted molar refractivity (Wildman–Crippen MR) is 98.9 cm³/mol. The van der Waals surface area contributed by atoms with E-state index in [-0.39, 0.29) is 0 Å². The molecule has 1 aliphatic rings. The summed E-state index contributed by atoms with van der Waals surface area (Å²) in [5.74, 6) is 0. The maximum Gasteiger partial charge on any atom is 0.0253 e. The molecule has 0 aromatic heterocycles. The van der Waals surface area contributed by atoms with Gasteiger partial charge in [-0.3, -0.25) is 4.90 Å². The van der Waals surface area contributed by atoms with Gasteiger partial charge in [0.15, 0.2) is 0 Å². The molecule has 3 rings (SSSR count). The largest absolute Gasteiger partial charge is 0.300 e. The van der Waals surface area contributed by atoms with Gasteiger partial charge in [-0.25, -0.2) is 0 Å². The molecule has 1 nitrogen and oxygen atoms in total. The van der Waals surface area contributed by atoms with Gasteiger partial charge in [-0.05, 0) is 61.2 Å². The average molecular weight is 356 g/mol. The first-order chi connectivity index (χ1) is 10.7. The van der Waals surface area contributed by atoms with E-state index in [1.54, 1.807) is 0 Å². The Kier molecular flexibility index (Phi) is 5.12. The van der Waals surface area contributed by atoms with Crippen molar-refractivity contribution in [3.63, 3.8) is 0 Å². The molecule has 0 saturated carbocycles. The summed E-state index contributed by atoms with van der Waals surface area (Å²) in [6.07, 6.45) is 5.07. The first-order valence-electron chi connectivity index (χ1n) is 7.98. The molecule has 0 atom stereocenters. The Morgan fingerprint density at radius 3 is 2.41 bits per heavy atom. The van der Waals surface area contributed by atoms with Gasteiger partial charge in [0.25, 0.3) is 0 Å². The normalized spacial score (nSPS) is 16.2. The number of allylic oxidation sites excluding steroid dienone is 1. The van der Waals surface area contributed by atoms with Crippen LogP contribution in [-0.4, -0.2) is 24.5 Å². The minimum Gasteiger partial charge on any atom is -0.300 e. The third-order valence-electron chi connectivity index (χ3n) is 4.38. The molecular formula is C20H22BrN. The third kappa shape index (κ3) is 3.68. The highest BCUT2D eigenvalue weighted by Crippen LogP contribution is 2.29. The lowest BCUT2D eigenvalue weighted by Gasteiger charge is -2.12. The highest BCUT2D eigenvalue weighted by molar-refractivity contribution is 9.10. The molecule has 1 fully saturated rings. The van der Waals surface area contributed by atoms with Gasteiger partial charge in [-0.2, -0.15) is 0 Å². The fourth-order valence-corrected chi connectivity index (χ4v) is 3.47. The summed E-state index contributed by atoms with van der Waals surface area (Å²) in [5.41, 5.74) is 5.18. The van der Waals surface area contributed by atoms with E-state index in [0.717, 1.165) is 11.0 Å². The van der Waals surface area contributed by atoms with E-state index < -0.39 is 0 Å². The standard InChI is InChI=1S/C20H22BrN/c1-16(12-15-22-13-4-5-14-22)17-8-10-18(11-9-17)19-6-2-3-7-20(19)21/h2-3,6-12H,4-5,13-15H2,1H3/b16-12-. The summed E-state index contributed by atoms with van der Waals surface area (Å²) in [5, 5.41) is 0.